The predicted molar refractivity (Wildman–Crippen MR) is 112 cm³/mol. The molecule has 0 unspecified atom stereocenters. The van der Waals surface area contributed by atoms with Crippen LogP contribution in [0.4, 0.5) is 17.3 Å². The van der Waals surface area contributed by atoms with Gasteiger partial charge in [-0.15, -0.1) is 0 Å². The predicted octanol–water partition coefficient (Wildman–Crippen LogP) is 3.89. The number of hydrogen-bond donors (Lipinski definition) is 3. The number of hydrogen-bond acceptors (Lipinski definition) is 9. The van der Waals surface area contributed by atoms with Crippen molar-refractivity contribution in [3.8, 4) is 5.75 Å². The van der Waals surface area contributed by atoms with Gasteiger partial charge < -0.3 is 20.2 Å². The van der Waals surface area contributed by atoms with Gasteiger partial charge in [-0.1, -0.05) is 18.5 Å². The van der Waals surface area contributed by atoms with Crippen LogP contribution in [-0.4, -0.2) is 42.2 Å². The van der Waals surface area contributed by atoms with E-state index in [0.717, 1.165) is 15.8 Å². The van der Waals surface area contributed by atoms with Crippen LogP contribution >= 0.6 is 11.6 Å². The fraction of sp³-hybridized carbons (Fsp3) is 0.333. The number of furan rings is 1. The standard InChI is InChI=1S/C18H22ClN5O5S/c1-5-12(14-9-6-10(2)28-14)20-17-18(23-29-22-17)21-13-8-7-11(19)16(15(13)25)30(26,27)24(3)4/h6-9,12,25H,5H2,1-4H3,(H,20,22)(H,21,23)/t12-/m1/s1. The molecule has 3 rings (SSSR count). The zero-order valence-electron chi connectivity index (χ0n) is 16.8. The van der Waals surface area contributed by atoms with Crippen LogP contribution < -0.4 is 10.6 Å². The third-order valence-electron chi connectivity index (χ3n) is 4.39. The Balaban J connectivity index is 1.91. The highest BCUT2D eigenvalue weighted by Gasteiger charge is 2.28. The van der Waals surface area contributed by atoms with Gasteiger partial charge in [0.15, 0.2) is 5.75 Å². The molecular formula is C18H22ClN5O5S. The summed E-state index contributed by atoms with van der Waals surface area (Å²) < 4.78 is 36.5. The van der Waals surface area contributed by atoms with Gasteiger partial charge in [0, 0.05) is 14.1 Å². The van der Waals surface area contributed by atoms with Crippen LogP contribution in [0.3, 0.4) is 0 Å². The Kier molecular flexibility index (Phi) is 6.25. The second kappa shape index (κ2) is 8.54. The van der Waals surface area contributed by atoms with Crippen LogP contribution in [0.2, 0.25) is 5.02 Å². The number of nitrogens with one attached hydrogen (secondary N) is 2. The number of anilines is 3. The molecule has 0 aliphatic heterocycles. The fourth-order valence-electron chi connectivity index (χ4n) is 2.75. The Morgan fingerprint density at radius 1 is 1.20 bits per heavy atom. The highest BCUT2D eigenvalue weighted by molar-refractivity contribution is 7.89. The summed E-state index contributed by atoms with van der Waals surface area (Å²) in [5, 5.41) is 24.1. The lowest BCUT2D eigenvalue weighted by Crippen LogP contribution is -2.22. The van der Waals surface area contributed by atoms with Crippen molar-refractivity contribution in [3.63, 3.8) is 0 Å². The molecule has 2 heterocycles. The number of phenolic OH excluding ortho intramolecular Hbond substituents is 1. The SMILES string of the molecule is CC[C@@H](Nc1nonc1Nc1ccc(Cl)c(S(=O)(=O)N(C)C)c1O)c1ccc(C)o1. The molecule has 1 aromatic carbocycles. The maximum atomic E-state index is 12.5. The van der Waals surface area contributed by atoms with Crippen molar-refractivity contribution in [1.82, 2.24) is 14.6 Å². The fourth-order valence-corrected chi connectivity index (χ4v) is 4.23. The minimum atomic E-state index is -3.98. The van der Waals surface area contributed by atoms with E-state index in [4.69, 9.17) is 20.6 Å². The lowest BCUT2D eigenvalue weighted by Gasteiger charge is -2.17. The third kappa shape index (κ3) is 4.23. The first-order valence-electron chi connectivity index (χ1n) is 9.01. The first kappa shape index (κ1) is 21.9. The van der Waals surface area contributed by atoms with Gasteiger partial charge in [0.05, 0.1) is 16.8 Å². The number of rotatable bonds is 8. The summed E-state index contributed by atoms with van der Waals surface area (Å²) >= 11 is 6.04. The van der Waals surface area contributed by atoms with Crippen LogP contribution in [0.5, 0.6) is 5.75 Å². The number of sulfonamides is 1. The highest BCUT2D eigenvalue weighted by Crippen LogP contribution is 2.40. The summed E-state index contributed by atoms with van der Waals surface area (Å²) in [6.45, 7) is 3.82. The molecule has 3 N–H and O–H groups in total. The first-order valence-corrected chi connectivity index (χ1v) is 10.8. The Labute approximate surface area is 178 Å². The summed E-state index contributed by atoms with van der Waals surface area (Å²) in [5.41, 5.74) is 0.0699. The van der Waals surface area contributed by atoms with Crippen molar-refractivity contribution in [2.24, 2.45) is 0 Å². The molecule has 0 fully saturated rings. The molecule has 12 heteroatoms. The van der Waals surface area contributed by atoms with Crippen LogP contribution in [0.25, 0.3) is 0 Å². The quantitative estimate of drug-likeness (QED) is 0.432. The van der Waals surface area contributed by atoms with E-state index in [9.17, 15) is 13.5 Å². The Hall–Kier alpha value is -2.76. The number of phenols is 1. The van der Waals surface area contributed by atoms with Crippen molar-refractivity contribution < 1.29 is 22.6 Å². The van der Waals surface area contributed by atoms with E-state index in [2.05, 4.69) is 20.9 Å². The van der Waals surface area contributed by atoms with Gasteiger partial charge in [0.1, 0.15) is 16.4 Å². The molecule has 0 aliphatic rings. The topological polar surface area (TPSA) is 134 Å². The van der Waals surface area contributed by atoms with Gasteiger partial charge in [-0.2, -0.15) is 0 Å². The van der Waals surface area contributed by atoms with Gasteiger partial charge in [0.25, 0.3) is 0 Å². The van der Waals surface area contributed by atoms with E-state index in [-0.39, 0.29) is 28.4 Å². The first-order chi connectivity index (χ1) is 14.1. The van der Waals surface area contributed by atoms with E-state index in [0.29, 0.717) is 6.42 Å². The van der Waals surface area contributed by atoms with Crippen molar-refractivity contribution in [2.75, 3.05) is 24.7 Å². The summed E-state index contributed by atoms with van der Waals surface area (Å²) in [6, 6.07) is 6.31. The molecule has 0 saturated heterocycles. The second-order valence-electron chi connectivity index (χ2n) is 6.70. The van der Waals surface area contributed by atoms with Crippen LogP contribution in [0.15, 0.2) is 38.2 Å². The molecule has 162 valence electrons. The van der Waals surface area contributed by atoms with E-state index in [1.54, 1.807) is 0 Å². The van der Waals surface area contributed by atoms with E-state index in [1.807, 2.05) is 26.0 Å². The maximum Gasteiger partial charge on any atom is 0.247 e. The molecule has 0 spiro atoms. The maximum absolute atomic E-state index is 12.5. The van der Waals surface area contributed by atoms with Gasteiger partial charge in [-0.05, 0) is 47.9 Å². The zero-order chi connectivity index (χ0) is 22.1. The van der Waals surface area contributed by atoms with Gasteiger partial charge in [-0.25, -0.2) is 17.4 Å². The molecule has 30 heavy (non-hydrogen) atoms. The average Bonchev–Trinajstić information content (AvgIpc) is 3.30. The second-order valence-corrected chi connectivity index (χ2v) is 9.20. The minimum Gasteiger partial charge on any atom is -0.504 e. The Bertz CT molecular complexity index is 1140. The molecular weight excluding hydrogens is 434 g/mol. The van der Waals surface area contributed by atoms with Crippen molar-refractivity contribution in [3.05, 3.63) is 40.8 Å². The molecule has 3 aromatic rings. The zero-order valence-corrected chi connectivity index (χ0v) is 18.4. The number of aromatic hydroxyl groups is 1. The Morgan fingerprint density at radius 2 is 1.90 bits per heavy atom. The molecule has 0 saturated carbocycles. The van der Waals surface area contributed by atoms with Crippen LogP contribution in [0.1, 0.15) is 30.9 Å². The van der Waals surface area contributed by atoms with E-state index < -0.39 is 20.7 Å². The normalized spacial score (nSPS) is 12.9. The monoisotopic (exact) mass is 455 g/mol. The minimum absolute atomic E-state index is 0.0699. The lowest BCUT2D eigenvalue weighted by atomic mass is 10.2. The van der Waals surface area contributed by atoms with Crippen molar-refractivity contribution in [2.45, 2.75) is 31.2 Å². The van der Waals surface area contributed by atoms with Crippen LogP contribution in [-0.2, 0) is 10.0 Å². The molecule has 2 aromatic heterocycles. The summed E-state index contributed by atoms with van der Waals surface area (Å²) in [4.78, 5) is -0.414. The van der Waals surface area contributed by atoms with Gasteiger partial charge >= 0.3 is 0 Å². The molecule has 1 atom stereocenters. The molecule has 10 nitrogen and oxygen atoms in total. The largest absolute Gasteiger partial charge is 0.504 e. The third-order valence-corrected chi connectivity index (χ3v) is 6.71. The average molecular weight is 456 g/mol. The van der Waals surface area contributed by atoms with Crippen molar-refractivity contribution >= 4 is 38.9 Å². The number of benzene rings is 1. The van der Waals surface area contributed by atoms with E-state index >= 15 is 0 Å². The summed E-state index contributed by atoms with van der Waals surface area (Å²) in [7, 11) is -1.30. The number of aryl methyl sites for hydroxylation is 1. The highest BCUT2D eigenvalue weighted by atomic mass is 35.5. The lowest BCUT2D eigenvalue weighted by molar-refractivity contribution is 0.310. The van der Waals surface area contributed by atoms with Gasteiger partial charge in [0.2, 0.25) is 21.7 Å². The van der Waals surface area contributed by atoms with Crippen LogP contribution in [0, 0.1) is 6.92 Å². The van der Waals surface area contributed by atoms with E-state index in [1.165, 1.54) is 26.2 Å². The smallest absolute Gasteiger partial charge is 0.247 e. The summed E-state index contributed by atoms with van der Waals surface area (Å²) in [5.74, 6) is 1.38. The number of halogens is 1. The van der Waals surface area contributed by atoms with Gasteiger partial charge in [-0.3, -0.25) is 0 Å². The van der Waals surface area contributed by atoms with Crippen molar-refractivity contribution in [1.29, 1.82) is 0 Å². The Morgan fingerprint density at radius 3 is 2.50 bits per heavy atom. The molecule has 0 bridgehead atoms. The summed E-state index contributed by atoms with van der Waals surface area (Å²) in [6.07, 6.45) is 0.691. The number of aromatic nitrogens is 2. The molecule has 0 radical (unpaired) electrons. The molecule has 0 amide bonds. The number of nitrogens with zero attached hydrogens (tertiary/aromatic N) is 3. The molecule has 0 aliphatic carbocycles.